The highest BCUT2D eigenvalue weighted by molar-refractivity contribution is 5.78. The number of rotatable bonds is 3. The molecular weight excluding hydrogens is 246 g/mol. The minimum absolute atomic E-state index is 0.453. The lowest BCUT2D eigenvalue weighted by molar-refractivity contribution is 0.277. The molecule has 0 radical (unpaired) electrons. The second kappa shape index (κ2) is 5.86. The first kappa shape index (κ1) is 13.5. The van der Waals surface area contributed by atoms with Gasteiger partial charge in [-0.15, -0.1) is 0 Å². The number of guanidine groups is 1. The van der Waals surface area contributed by atoms with E-state index in [-0.39, 0.29) is 0 Å². The van der Waals surface area contributed by atoms with E-state index in [2.05, 4.69) is 42.2 Å². The molecule has 0 bridgehead atoms. The molecule has 0 spiro atoms. The quantitative estimate of drug-likeness (QED) is 0.678. The molecule has 0 amide bonds. The van der Waals surface area contributed by atoms with Crippen LogP contribution in [0.4, 0.5) is 0 Å². The molecule has 2 unspecified atom stereocenters. The topological polar surface area (TPSA) is 41.6 Å². The van der Waals surface area contributed by atoms with Gasteiger partial charge in [0.05, 0.1) is 6.04 Å². The van der Waals surface area contributed by atoms with Gasteiger partial charge in [-0.05, 0) is 43.1 Å². The molecule has 0 aromatic heterocycles. The van der Waals surface area contributed by atoms with E-state index in [9.17, 15) is 0 Å². The first-order chi connectivity index (χ1) is 9.72. The van der Waals surface area contributed by atoms with E-state index < -0.39 is 0 Å². The summed E-state index contributed by atoms with van der Waals surface area (Å²) in [6.07, 6.45) is 4.82. The Bertz CT molecular complexity index is 460. The third-order valence-corrected chi connectivity index (χ3v) is 4.63. The summed E-state index contributed by atoms with van der Waals surface area (Å²) >= 11 is 0. The number of piperidine rings is 1. The lowest BCUT2D eigenvalue weighted by Gasteiger charge is -2.31. The summed E-state index contributed by atoms with van der Waals surface area (Å²) in [4.78, 5) is 7.00. The molecule has 2 atom stereocenters. The molecule has 2 fully saturated rings. The highest BCUT2D eigenvalue weighted by Gasteiger charge is 2.37. The fourth-order valence-electron chi connectivity index (χ4n) is 3.02. The van der Waals surface area contributed by atoms with Crippen molar-refractivity contribution in [1.29, 1.82) is 0 Å². The summed E-state index contributed by atoms with van der Waals surface area (Å²) < 4.78 is 0. The number of aliphatic imine (C=N–C) groups is 1. The smallest absolute Gasteiger partial charge is 0.191 e. The highest BCUT2D eigenvalue weighted by Crippen LogP contribution is 2.37. The van der Waals surface area contributed by atoms with Gasteiger partial charge in [0, 0.05) is 13.1 Å². The maximum Gasteiger partial charge on any atom is 0.191 e. The van der Waals surface area contributed by atoms with E-state index in [1.807, 2.05) is 0 Å². The summed E-state index contributed by atoms with van der Waals surface area (Å²) in [6, 6.07) is 11.2. The van der Waals surface area contributed by atoms with Crippen molar-refractivity contribution in [3.05, 3.63) is 35.9 Å². The number of nitrogens with zero attached hydrogens (tertiary/aromatic N) is 2. The van der Waals surface area contributed by atoms with Crippen molar-refractivity contribution in [2.24, 2.45) is 22.6 Å². The summed E-state index contributed by atoms with van der Waals surface area (Å²) in [5, 5.41) is 0. The van der Waals surface area contributed by atoms with Crippen molar-refractivity contribution >= 4 is 5.96 Å². The Morgan fingerprint density at radius 3 is 2.65 bits per heavy atom. The molecule has 2 aliphatic rings. The van der Waals surface area contributed by atoms with Gasteiger partial charge in [-0.3, -0.25) is 0 Å². The Labute approximate surface area is 121 Å². The van der Waals surface area contributed by atoms with Crippen molar-refractivity contribution in [2.45, 2.75) is 38.6 Å². The van der Waals surface area contributed by atoms with Crippen molar-refractivity contribution in [3.63, 3.8) is 0 Å². The third-order valence-electron chi connectivity index (χ3n) is 4.63. The van der Waals surface area contributed by atoms with E-state index in [1.54, 1.807) is 0 Å². The van der Waals surface area contributed by atoms with Crippen molar-refractivity contribution in [2.75, 3.05) is 13.1 Å². The van der Waals surface area contributed by atoms with Crippen LogP contribution in [0.5, 0.6) is 0 Å². The molecule has 3 heteroatoms. The summed E-state index contributed by atoms with van der Waals surface area (Å²) in [5.41, 5.74) is 7.58. The molecular formula is C17H25N3. The highest BCUT2D eigenvalue weighted by atomic mass is 15.3. The van der Waals surface area contributed by atoms with Crippen LogP contribution >= 0.6 is 0 Å². The van der Waals surface area contributed by atoms with Crippen LogP contribution in [-0.2, 0) is 6.42 Å². The van der Waals surface area contributed by atoms with E-state index in [0.717, 1.165) is 31.4 Å². The van der Waals surface area contributed by atoms with Crippen LogP contribution in [0.1, 0.15) is 31.7 Å². The van der Waals surface area contributed by atoms with E-state index in [4.69, 9.17) is 10.7 Å². The number of hydrogen-bond donors (Lipinski definition) is 1. The van der Waals surface area contributed by atoms with Gasteiger partial charge in [0.1, 0.15) is 0 Å². The summed E-state index contributed by atoms with van der Waals surface area (Å²) in [5.74, 6) is 2.31. The lowest BCUT2D eigenvalue weighted by Crippen LogP contribution is -2.42. The van der Waals surface area contributed by atoms with Crippen molar-refractivity contribution in [1.82, 2.24) is 4.90 Å². The average Bonchev–Trinajstić information content (AvgIpc) is 3.18. The molecule has 1 aliphatic heterocycles. The summed E-state index contributed by atoms with van der Waals surface area (Å²) in [7, 11) is 0. The van der Waals surface area contributed by atoms with Gasteiger partial charge in [0.2, 0.25) is 0 Å². The fraction of sp³-hybridized carbons (Fsp3) is 0.588. The van der Waals surface area contributed by atoms with Gasteiger partial charge < -0.3 is 10.6 Å². The molecule has 1 aromatic carbocycles. The van der Waals surface area contributed by atoms with Crippen LogP contribution in [0.25, 0.3) is 0 Å². The number of nitrogens with two attached hydrogens (primary N) is 1. The number of benzene rings is 1. The molecule has 1 saturated heterocycles. The number of likely N-dealkylation sites (tertiary alicyclic amines) is 1. The van der Waals surface area contributed by atoms with Crippen LogP contribution in [0.2, 0.25) is 0 Å². The minimum atomic E-state index is 0.453. The van der Waals surface area contributed by atoms with Crippen LogP contribution in [0.15, 0.2) is 35.3 Å². The Kier molecular flexibility index (Phi) is 3.95. The Morgan fingerprint density at radius 2 is 1.95 bits per heavy atom. The van der Waals surface area contributed by atoms with Crippen LogP contribution in [0, 0.1) is 11.8 Å². The van der Waals surface area contributed by atoms with Crippen molar-refractivity contribution < 1.29 is 0 Å². The largest absolute Gasteiger partial charge is 0.370 e. The molecule has 3 nitrogen and oxygen atoms in total. The molecule has 1 aliphatic carbocycles. The zero-order valence-corrected chi connectivity index (χ0v) is 12.3. The molecule has 108 valence electrons. The van der Waals surface area contributed by atoms with Gasteiger partial charge in [-0.25, -0.2) is 4.99 Å². The minimum Gasteiger partial charge on any atom is -0.370 e. The molecule has 3 rings (SSSR count). The first-order valence-corrected chi connectivity index (χ1v) is 7.84. The van der Waals surface area contributed by atoms with Crippen molar-refractivity contribution in [3.8, 4) is 0 Å². The maximum atomic E-state index is 6.17. The predicted molar refractivity (Wildman–Crippen MR) is 83.6 cm³/mol. The third kappa shape index (κ3) is 3.33. The molecule has 1 aromatic rings. The molecule has 1 heterocycles. The zero-order chi connectivity index (χ0) is 13.9. The van der Waals surface area contributed by atoms with Gasteiger partial charge in [0.25, 0.3) is 0 Å². The first-order valence-electron chi connectivity index (χ1n) is 7.84. The normalized spacial score (nSPS) is 27.6. The van der Waals surface area contributed by atoms with E-state index in [1.165, 1.54) is 24.8 Å². The Hall–Kier alpha value is -1.51. The Balaban J connectivity index is 1.50. The van der Waals surface area contributed by atoms with Gasteiger partial charge >= 0.3 is 0 Å². The van der Waals surface area contributed by atoms with Crippen LogP contribution in [-0.4, -0.2) is 30.0 Å². The molecule has 1 saturated carbocycles. The molecule has 20 heavy (non-hydrogen) atoms. The van der Waals surface area contributed by atoms with Gasteiger partial charge in [-0.2, -0.15) is 0 Å². The van der Waals surface area contributed by atoms with Gasteiger partial charge in [-0.1, -0.05) is 37.3 Å². The monoisotopic (exact) mass is 271 g/mol. The second-order valence-electron chi connectivity index (χ2n) is 6.41. The lowest BCUT2D eigenvalue weighted by atomic mass is 10.00. The molecule has 2 N–H and O–H groups in total. The number of hydrogen-bond acceptors (Lipinski definition) is 1. The summed E-state index contributed by atoms with van der Waals surface area (Å²) in [6.45, 7) is 4.47. The average molecular weight is 271 g/mol. The van der Waals surface area contributed by atoms with Gasteiger partial charge in [0.15, 0.2) is 5.96 Å². The van der Waals surface area contributed by atoms with E-state index >= 15 is 0 Å². The second-order valence-corrected chi connectivity index (χ2v) is 6.41. The van der Waals surface area contributed by atoms with Crippen LogP contribution in [0.3, 0.4) is 0 Å². The van der Waals surface area contributed by atoms with E-state index in [0.29, 0.717) is 12.0 Å². The Morgan fingerprint density at radius 1 is 1.25 bits per heavy atom. The van der Waals surface area contributed by atoms with Crippen LogP contribution < -0.4 is 5.73 Å². The fourth-order valence-corrected chi connectivity index (χ4v) is 3.02. The maximum absolute atomic E-state index is 6.17. The standard InChI is InChI=1S/C17H25N3/c1-13-7-9-20(10-8-13)17(18)19-16-12-15(16)11-14-5-3-2-4-6-14/h2-6,13,15-16H,7-12H2,1H3,(H2,18,19). The zero-order valence-electron chi connectivity index (χ0n) is 12.3. The predicted octanol–water partition coefficient (Wildman–Crippen LogP) is 2.66. The SMILES string of the molecule is CC1CCN(C(N)=NC2CC2Cc2ccccc2)CC1.